The van der Waals surface area contributed by atoms with Crippen LogP contribution in [0, 0.1) is 0 Å². The van der Waals surface area contributed by atoms with Gasteiger partial charge < -0.3 is 9.64 Å². The summed E-state index contributed by atoms with van der Waals surface area (Å²) in [6, 6.07) is 17.3. The number of hydrogen-bond acceptors (Lipinski definition) is 5. The van der Waals surface area contributed by atoms with Crippen LogP contribution in [-0.4, -0.2) is 48.4 Å². The number of hydrogen-bond donors (Lipinski definition) is 0. The molecule has 0 atom stereocenters. The van der Waals surface area contributed by atoms with Gasteiger partial charge in [0, 0.05) is 44.5 Å². The molecule has 2 heterocycles. The van der Waals surface area contributed by atoms with Crippen molar-refractivity contribution >= 4 is 16.6 Å². The predicted molar refractivity (Wildman–Crippen MR) is 109 cm³/mol. The van der Waals surface area contributed by atoms with Crippen LogP contribution >= 0.6 is 0 Å². The molecule has 1 aromatic heterocycles. The summed E-state index contributed by atoms with van der Waals surface area (Å²) < 4.78 is 5.66. The highest BCUT2D eigenvalue weighted by Gasteiger charge is 2.24. The number of likely N-dealkylation sites (tertiary alicyclic amines) is 1. The number of aromatic nitrogens is 2. The van der Waals surface area contributed by atoms with Crippen LogP contribution < -0.4 is 9.64 Å². The molecule has 5 nitrogen and oxygen atoms in total. The lowest BCUT2D eigenvalue weighted by Crippen LogP contribution is -2.43. The first-order valence-electron chi connectivity index (χ1n) is 9.54. The summed E-state index contributed by atoms with van der Waals surface area (Å²) in [7, 11) is 3.88. The fourth-order valence-electron chi connectivity index (χ4n) is 4.03. The van der Waals surface area contributed by atoms with Gasteiger partial charge in [0.15, 0.2) is 5.82 Å². The van der Waals surface area contributed by atoms with E-state index >= 15 is 0 Å². The molecule has 0 unspecified atom stereocenters. The van der Waals surface area contributed by atoms with Crippen molar-refractivity contribution in [3.63, 3.8) is 0 Å². The second-order valence-electron chi connectivity index (χ2n) is 7.17. The number of nitrogens with zero attached hydrogens (tertiary/aromatic N) is 4. The lowest BCUT2D eigenvalue weighted by molar-refractivity contribution is 0.201. The van der Waals surface area contributed by atoms with E-state index in [9.17, 15) is 0 Å². The Morgan fingerprint density at radius 3 is 2.63 bits per heavy atom. The van der Waals surface area contributed by atoms with Crippen LogP contribution in [0.15, 0.2) is 54.7 Å². The van der Waals surface area contributed by atoms with Crippen molar-refractivity contribution in [2.24, 2.45) is 0 Å². The number of rotatable bonds is 5. The summed E-state index contributed by atoms with van der Waals surface area (Å²) in [5.74, 6) is 1.93. The maximum absolute atomic E-state index is 5.66. The van der Waals surface area contributed by atoms with Crippen molar-refractivity contribution in [3.8, 4) is 5.75 Å². The largest absolute Gasteiger partial charge is 0.496 e. The zero-order valence-corrected chi connectivity index (χ0v) is 16.0. The van der Waals surface area contributed by atoms with E-state index in [1.807, 2.05) is 12.1 Å². The van der Waals surface area contributed by atoms with E-state index < -0.39 is 0 Å². The first-order chi connectivity index (χ1) is 13.3. The molecule has 1 fully saturated rings. The van der Waals surface area contributed by atoms with Crippen LogP contribution in [-0.2, 0) is 6.54 Å². The van der Waals surface area contributed by atoms with Gasteiger partial charge in [0.25, 0.3) is 0 Å². The lowest BCUT2D eigenvalue weighted by Gasteiger charge is -2.37. The summed E-state index contributed by atoms with van der Waals surface area (Å²) in [6.45, 7) is 3.06. The third-order valence-electron chi connectivity index (χ3n) is 5.62. The van der Waals surface area contributed by atoms with Crippen LogP contribution in [0.25, 0.3) is 10.8 Å². The standard InChI is InChI=1S/C22H26N4O/c1-25(22-8-5-13-23-24-22)18-11-14-26(15-12-18)16-20-19-7-4-3-6-17(19)9-10-21(20)27-2/h3-10,13,18H,11-12,14-16H2,1-2H3. The Balaban J connectivity index is 1.46. The normalized spacial score (nSPS) is 15.8. The molecular weight excluding hydrogens is 336 g/mol. The molecule has 0 spiro atoms. The fourth-order valence-corrected chi connectivity index (χ4v) is 4.03. The number of piperidine rings is 1. The molecule has 27 heavy (non-hydrogen) atoms. The minimum absolute atomic E-state index is 0.507. The quantitative estimate of drug-likeness (QED) is 0.692. The van der Waals surface area contributed by atoms with Crippen LogP contribution in [0.2, 0.25) is 0 Å². The Labute approximate surface area is 160 Å². The van der Waals surface area contributed by atoms with Gasteiger partial charge in [0.05, 0.1) is 7.11 Å². The molecule has 0 aliphatic carbocycles. The van der Waals surface area contributed by atoms with Gasteiger partial charge in [0.2, 0.25) is 0 Å². The minimum Gasteiger partial charge on any atom is -0.496 e. The van der Waals surface area contributed by atoms with Crippen molar-refractivity contribution < 1.29 is 4.74 Å². The van der Waals surface area contributed by atoms with Gasteiger partial charge in [-0.2, -0.15) is 5.10 Å². The Hall–Kier alpha value is -2.66. The van der Waals surface area contributed by atoms with Gasteiger partial charge >= 0.3 is 0 Å². The van der Waals surface area contributed by atoms with Gasteiger partial charge in [-0.25, -0.2) is 0 Å². The summed E-state index contributed by atoms with van der Waals surface area (Å²) in [6.07, 6.45) is 3.97. The average Bonchev–Trinajstić information content (AvgIpc) is 2.74. The molecule has 1 aliphatic heterocycles. The van der Waals surface area contributed by atoms with Gasteiger partial charge in [-0.1, -0.05) is 30.3 Å². The predicted octanol–water partition coefficient (Wildman–Crippen LogP) is 3.74. The van der Waals surface area contributed by atoms with Gasteiger partial charge in [0.1, 0.15) is 5.75 Å². The molecule has 1 saturated heterocycles. The number of benzene rings is 2. The van der Waals surface area contributed by atoms with Crippen molar-refractivity contribution in [2.45, 2.75) is 25.4 Å². The Kier molecular flexibility index (Phi) is 5.21. The average molecular weight is 362 g/mol. The fraction of sp³-hybridized carbons (Fsp3) is 0.364. The zero-order valence-electron chi connectivity index (χ0n) is 16.0. The minimum atomic E-state index is 0.507. The Morgan fingerprint density at radius 2 is 1.89 bits per heavy atom. The molecule has 5 heteroatoms. The van der Waals surface area contributed by atoms with Gasteiger partial charge in [-0.15, -0.1) is 5.10 Å². The summed E-state index contributed by atoms with van der Waals surface area (Å²) in [5.41, 5.74) is 1.29. The van der Waals surface area contributed by atoms with E-state index in [1.165, 1.54) is 16.3 Å². The lowest BCUT2D eigenvalue weighted by atomic mass is 10.00. The highest BCUT2D eigenvalue weighted by Crippen LogP contribution is 2.30. The van der Waals surface area contributed by atoms with Crippen molar-refractivity contribution in [2.75, 3.05) is 32.1 Å². The van der Waals surface area contributed by atoms with Crippen molar-refractivity contribution in [1.29, 1.82) is 0 Å². The molecule has 3 aromatic rings. The summed E-state index contributed by atoms with van der Waals surface area (Å²) in [5, 5.41) is 10.8. The maximum Gasteiger partial charge on any atom is 0.151 e. The molecule has 0 radical (unpaired) electrons. The molecule has 2 aromatic carbocycles. The number of anilines is 1. The van der Waals surface area contributed by atoms with Crippen molar-refractivity contribution in [1.82, 2.24) is 15.1 Å². The van der Waals surface area contributed by atoms with Gasteiger partial charge in [-0.05, 0) is 41.8 Å². The smallest absolute Gasteiger partial charge is 0.151 e. The maximum atomic E-state index is 5.66. The van der Waals surface area contributed by atoms with E-state index in [2.05, 4.69) is 63.4 Å². The van der Waals surface area contributed by atoms with E-state index in [-0.39, 0.29) is 0 Å². The second kappa shape index (κ2) is 7.92. The highest BCUT2D eigenvalue weighted by molar-refractivity contribution is 5.87. The first-order valence-corrected chi connectivity index (χ1v) is 9.54. The zero-order chi connectivity index (χ0) is 18.6. The van der Waals surface area contributed by atoms with Crippen LogP contribution in [0.4, 0.5) is 5.82 Å². The van der Waals surface area contributed by atoms with E-state index in [4.69, 9.17) is 4.74 Å². The van der Waals surface area contributed by atoms with Crippen LogP contribution in [0.1, 0.15) is 18.4 Å². The van der Waals surface area contributed by atoms with E-state index in [1.54, 1.807) is 13.3 Å². The Morgan fingerprint density at radius 1 is 1.07 bits per heavy atom. The van der Waals surface area contributed by atoms with Crippen LogP contribution in [0.3, 0.4) is 0 Å². The first kappa shape index (κ1) is 17.7. The number of ether oxygens (including phenoxy) is 1. The molecule has 0 saturated carbocycles. The molecule has 0 N–H and O–H groups in total. The second-order valence-corrected chi connectivity index (χ2v) is 7.17. The number of methoxy groups -OCH3 is 1. The SMILES string of the molecule is COc1ccc2ccccc2c1CN1CCC(N(C)c2cccnn2)CC1. The molecule has 4 rings (SSSR count). The van der Waals surface area contributed by atoms with Gasteiger partial charge in [-0.3, -0.25) is 4.90 Å². The molecular formula is C22H26N4O. The summed E-state index contributed by atoms with van der Waals surface area (Å²) >= 11 is 0. The topological polar surface area (TPSA) is 41.5 Å². The highest BCUT2D eigenvalue weighted by atomic mass is 16.5. The summed E-state index contributed by atoms with van der Waals surface area (Å²) in [4.78, 5) is 4.80. The Bertz CT molecular complexity index is 891. The van der Waals surface area contributed by atoms with E-state index in [0.29, 0.717) is 6.04 Å². The molecule has 1 aliphatic rings. The number of fused-ring (bicyclic) bond motifs is 1. The van der Waals surface area contributed by atoms with Crippen molar-refractivity contribution in [3.05, 3.63) is 60.3 Å². The molecule has 0 amide bonds. The monoisotopic (exact) mass is 362 g/mol. The molecule has 0 bridgehead atoms. The molecule has 140 valence electrons. The van der Waals surface area contributed by atoms with Crippen LogP contribution in [0.5, 0.6) is 5.75 Å². The third kappa shape index (κ3) is 3.74. The van der Waals surface area contributed by atoms with E-state index in [0.717, 1.165) is 44.0 Å². The third-order valence-corrected chi connectivity index (χ3v) is 5.62.